The highest BCUT2D eigenvalue weighted by Crippen LogP contribution is 2.37. The zero-order chi connectivity index (χ0) is 18.5. The molecule has 1 aliphatic rings. The Morgan fingerprint density at radius 3 is 2.73 bits per heavy atom. The fourth-order valence-electron chi connectivity index (χ4n) is 3.06. The number of ketones is 1. The summed E-state index contributed by atoms with van der Waals surface area (Å²) >= 11 is 2.49. The number of carbonyl (C=O) groups is 1. The highest BCUT2D eigenvalue weighted by molar-refractivity contribution is 7.19. The molecule has 8 heteroatoms. The van der Waals surface area contributed by atoms with Crippen LogP contribution in [0.15, 0.2) is 24.3 Å². The summed E-state index contributed by atoms with van der Waals surface area (Å²) in [5.41, 5.74) is 0.520. The molecule has 0 aliphatic heterocycles. The van der Waals surface area contributed by atoms with E-state index < -0.39 is 17.7 Å². The molecule has 2 aromatic heterocycles. The minimum atomic E-state index is -4.46. The summed E-state index contributed by atoms with van der Waals surface area (Å²) in [5.74, 6) is -1.43. The highest BCUT2D eigenvalue weighted by Gasteiger charge is 2.32. The summed E-state index contributed by atoms with van der Waals surface area (Å²) in [6.07, 6.45) is -1.49. The number of fused-ring (bicyclic) bond motifs is 2. The SMILES string of the molecule is N#CC(C(=O)c1cc2c(s1)CCC2)c1nc2cc(C(F)(F)F)ccc2s1. The molecule has 26 heavy (non-hydrogen) atoms. The Hall–Kier alpha value is -2.24. The van der Waals surface area contributed by atoms with Gasteiger partial charge in [-0.15, -0.1) is 22.7 Å². The first-order valence-electron chi connectivity index (χ1n) is 7.90. The largest absolute Gasteiger partial charge is 0.416 e. The van der Waals surface area contributed by atoms with E-state index in [9.17, 15) is 23.2 Å². The number of alkyl halides is 3. The molecule has 0 fully saturated rings. The fraction of sp³-hybridized carbons (Fsp3) is 0.278. The first-order valence-corrected chi connectivity index (χ1v) is 9.53. The zero-order valence-electron chi connectivity index (χ0n) is 13.3. The Kier molecular flexibility index (Phi) is 4.09. The van der Waals surface area contributed by atoms with Gasteiger partial charge in [-0.25, -0.2) is 4.98 Å². The average Bonchev–Trinajstić information content (AvgIpc) is 3.27. The van der Waals surface area contributed by atoms with E-state index in [4.69, 9.17) is 0 Å². The van der Waals surface area contributed by atoms with Crippen LogP contribution >= 0.6 is 22.7 Å². The van der Waals surface area contributed by atoms with Crippen LogP contribution in [0.5, 0.6) is 0 Å². The van der Waals surface area contributed by atoms with Crippen LogP contribution in [0.2, 0.25) is 0 Å². The fourth-order valence-corrected chi connectivity index (χ4v) is 5.28. The second-order valence-corrected chi connectivity index (χ2v) is 8.27. The summed E-state index contributed by atoms with van der Waals surface area (Å²) < 4.78 is 39.1. The van der Waals surface area contributed by atoms with Gasteiger partial charge in [-0.3, -0.25) is 4.79 Å². The number of thiazole rings is 1. The van der Waals surface area contributed by atoms with Gasteiger partial charge in [-0.1, -0.05) is 0 Å². The van der Waals surface area contributed by atoms with Gasteiger partial charge in [0.25, 0.3) is 0 Å². The highest BCUT2D eigenvalue weighted by atomic mass is 32.1. The van der Waals surface area contributed by atoms with Crippen LogP contribution in [0, 0.1) is 11.3 Å². The zero-order valence-corrected chi connectivity index (χ0v) is 14.9. The van der Waals surface area contributed by atoms with Gasteiger partial charge in [0.2, 0.25) is 0 Å². The number of Topliss-reactive ketones (excluding diaryl/α,β-unsaturated/α-hetero) is 1. The molecule has 0 N–H and O–H groups in total. The number of hydrogen-bond donors (Lipinski definition) is 0. The lowest BCUT2D eigenvalue weighted by atomic mass is 10.0. The third-order valence-electron chi connectivity index (χ3n) is 4.36. The van der Waals surface area contributed by atoms with Gasteiger partial charge < -0.3 is 0 Å². The second-order valence-electron chi connectivity index (χ2n) is 6.07. The summed E-state index contributed by atoms with van der Waals surface area (Å²) in [6.45, 7) is 0. The number of rotatable bonds is 3. The van der Waals surface area contributed by atoms with Crippen molar-refractivity contribution < 1.29 is 18.0 Å². The molecule has 0 radical (unpaired) electrons. The topological polar surface area (TPSA) is 53.8 Å². The van der Waals surface area contributed by atoms with Crippen molar-refractivity contribution in [3.05, 3.63) is 50.2 Å². The number of nitrogens with zero attached hydrogens (tertiary/aromatic N) is 2. The van der Waals surface area contributed by atoms with Crippen molar-refractivity contribution in [1.29, 1.82) is 5.26 Å². The van der Waals surface area contributed by atoms with Gasteiger partial charge in [0, 0.05) is 4.88 Å². The molecule has 3 aromatic rings. The van der Waals surface area contributed by atoms with Crippen molar-refractivity contribution in [3.63, 3.8) is 0 Å². The third-order valence-corrected chi connectivity index (χ3v) is 6.71. The number of aromatic nitrogens is 1. The van der Waals surface area contributed by atoms with Crippen LogP contribution in [0.4, 0.5) is 13.2 Å². The van der Waals surface area contributed by atoms with Crippen LogP contribution in [0.25, 0.3) is 10.2 Å². The minimum Gasteiger partial charge on any atom is -0.291 e. The molecule has 0 saturated heterocycles. The monoisotopic (exact) mass is 392 g/mol. The van der Waals surface area contributed by atoms with Gasteiger partial charge in [0.1, 0.15) is 5.01 Å². The second kappa shape index (κ2) is 6.18. The van der Waals surface area contributed by atoms with Crippen molar-refractivity contribution in [3.8, 4) is 6.07 Å². The molecular formula is C18H11F3N2OS2. The molecule has 1 aromatic carbocycles. The van der Waals surface area contributed by atoms with E-state index in [1.54, 1.807) is 0 Å². The molecule has 1 aliphatic carbocycles. The van der Waals surface area contributed by atoms with E-state index in [1.165, 1.54) is 22.3 Å². The number of aryl methyl sites for hydroxylation is 2. The van der Waals surface area contributed by atoms with Gasteiger partial charge in [-0.05, 0) is 49.1 Å². The lowest BCUT2D eigenvalue weighted by Gasteiger charge is -2.04. The van der Waals surface area contributed by atoms with Crippen molar-refractivity contribution in [1.82, 2.24) is 4.98 Å². The van der Waals surface area contributed by atoms with Gasteiger partial charge in [0.05, 0.1) is 26.7 Å². The van der Waals surface area contributed by atoms with E-state index in [0.29, 0.717) is 9.58 Å². The number of carbonyl (C=O) groups excluding carboxylic acids is 1. The Morgan fingerprint density at radius 1 is 1.23 bits per heavy atom. The average molecular weight is 392 g/mol. The maximum atomic E-state index is 12.8. The normalized spacial score (nSPS) is 15.0. The molecule has 1 unspecified atom stereocenters. The van der Waals surface area contributed by atoms with Crippen LogP contribution in [-0.4, -0.2) is 10.8 Å². The molecule has 3 nitrogen and oxygen atoms in total. The number of thiophene rings is 1. The van der Waals surface area contributed by atoms with E-state index >= 15 is 0 Å². The molecule has 1 atom stereocenters. The summed E-state index contributed by atoms with van der Waals surface area (Å²) in [7, 11) is 0. The predicted octanol–water partition coefficient (Wildman–Crippen LogP) is 5.36. The third kappa shape index (κ3) is 2.91. The molecule has 4 rings (SSSR count). The number of benzene rings is 1. The molecule has 132 valence electrons. The molecule has 0 amide bonds. The van der Waals surface area contributed by atoms with Crippen LogP contribution in [0.1, 0.15) is 43.0 Å². The summed E-state index contributed by atoms with van der Waals surface area (Å²) in [5, 5.41) is 9.72. The standard InChI is InChI=1S/C18H11F3N2OS2/c19-18(20,21)10-4-5-14-12(7-10)23-17(26-14)11(8-22)16(24)15-6-9-2-1-3-13(9)25-15/h4-7,11H,1-3H2. The molecule has 0 saturated carbocycles. The predicted molar refractivity (Wildman–Crippen MR) is 93.7 cm³/mol. The van der Waals surface area contributed by atoms with Crippen molar-refractivity contribution in [2.75, 3.05) is 0 Å². The first-order chi connectivity index (χ1) is 12.4. The Balaban J connectivity index is 1.69. The lowest BCUT2D eigenvalue weighted by Crippen LogP contribution is -2.09. The smallest absolute Gasteiger partial charge is 0.291 e. The van der Waals surface area contributed by atoms with Gasteiger partial charge >= 0.3 is 6.18 Å². The molecular weight excluding hydrogens is 381 g/mol. The number of halogens is 3. The van der Waals surface area contributed by atoms with E-state index in [-0.39, 0.29) is 16.3 Å². The van der Waals surface area contributed by atoms with Crippen LogP contribution in [0.3, 0.4) is 0 Å². The maximum Gasteiger partial charge on any atom is 0.416 e. The molecule has 0 bridgehead atoms. The molecule has 0 spiro atoms. The maximum absolute atomic E-state index is 12.8. The number of hydrogen-bond acceptors (Lipinski definition) is 5. The van der Waals surface area contributed by atoms with Gasteiger partial charge in [0.15, 0.2) is 11.7 Å². The van der Waals surface area contributed by atoms with Crippen molar-refractivity contribution >= 4 is 38.7 Å². The molecule has 2 heterocycles. The number of nitriles is 1. The van der Waals surface area contributed by atoms with Crippen LogP contribution in [-0.2, 0) is 19.0 Å². The van der Waals surface area contributed by atoms with Crippen molar-refractivity contribution in [2.45, 2.75) is 31.4 Å². The Morgan fingerprint density at radius 2 is 2.04 bits per heavy atom. The van der Waals surface area contributed by atoms with Crippen molar-refractivity contribution in [2.24, 2.45) is 0 Å². The Bertz CT molecular complexity index is 1040. The summed E-state index contributed by atoms with van der Waals surface area (Å²) in [6, 6.07) is 7.08. The van der Waals surface area contributed by atoms with Gasteiger partial charge in [-0.2, -0.15) is 18.4 Å². The minimum absolute atomic E-state index is 0.154. The Labute approximate surface area is 154 Å². The van der Waals surface area contributed by atoms with Crippen LogP contribution < -0.4 is 0 Å². The van der Waals surface area contributed by atoms with E-state index in [0.717, 1.165) is 48.3 Å². The van der Waals surface area contributed by atoms with E-state index in [1.807, 2.05) is 12.1 Å². The summed E-state index contributed by atoms with van der Waals surface area (Å²) in [4.78, 5) is 18.6. The van der Waals surface area contributed by atoms with E-state index in [2.05, 4.69) is 4.98 Å². The lowest BCUT2D eigenvalue weighted by molar-refractivity contribution is -0.137. The first kappa shape index (κ1) is 17.2. The quantitative estimate of drug-likeness (QED) is 0.564.